The van der Waals surface area contributed by atoms with Crippen LogP contribution < -0.4 is 5.32 Å². The van der Waals surface area contributed by atoms with Gasteiger partial charge in [0.05, 0.1) is 12.8 Å². The minimum absolute atomic E-state index is 0.501. The van der Waals surface area contributed by atoms with E-state index in [0.717, 1.165) is 31.9 Å². The van der Waals surface area contributed by atoms with Crippen molar-refractivity contribution in [2.45, 2.75) is 52.9 Å². The summed E-state index contributed by atoms with van der Waals surface area (Å²) in [7, 11) is 4.24. The van der Waals surface area contributed by atoms with Crippen LogP contribution in [0.5, 0.6) is 0 Å². The highest BCUT2D eigenvalue weighted by molar-refractivity contribution is 5.12. The fraction of sp³-hybridized carbons (Fsp3) is 0.750. The molecule has 4 nitrogen and oxygen atoms in total. The van der Waals surface area contributed by atoms with Crippen LogP contribution in [0, 0.1) is 0 Å². The molecule has 1 aromatic rings. The molecule has 0 fully saturated rings. The van der Waals surface area contributed by atoms with Gasteiger partial charge < -0.3 is 14.6 Å². The van der Waals surface area contributed by atoms with Gasteiger partial charge in [0.25, 0.3) is 0 Å². The normalized spacial score (nSPS) is 13.7. The third kappa shape index (κ3) is 6.07. The first kappa shape index (κ1) is 17.2. The Bertz CT molecular complexity index is 374. The number of likely N-dealkylation sites (N-methyl/N-ethyl adjacent to an activating group) is 2. The second kappa shape index (κ2) is 8.45. The molecule has 0 aliphatic rings. The summed E-state index contributed by atoms with van der Waals surface area (Å²) in [6.45, 7) is 12.6. The standard InChI is InChI=1S/C16H31N3O/c1-7-19(14(4)10-18(5)6)11-16-8-15(12-20-16)9-17-13(2)3/h8,12-14,17H,7,9-11H2,1-6H3. The first-order valence-corrected chi connectivity index (χ1v) is 7.60. The monoisotopic (exact) mass is 281 g/mol. The summed E-state index contributed by atoms with van der Waals surface area (Å²) in [6.07, 6.45) is 1.87. The Morgan fingerprint density at radius 2 is 1.95 bits per heavy atom. The fourth-order valence-electron chi connectivity index (χ4n) is 2.35. The number of hydrogen-bond donors (Lipinski definition) is 1. The SMILES string of the molecule is CCN(Cc1cc(CNC(C)C)co1)C(C)CN(C)C. The molecule has 1 aromatic heterocycles. The zero-order valence-electron chi connectivity index (χ0n) is 13.9. The van der Waals surface area contributed by atoms with Crippen molar-refractivity contribution in [3.05, 3.63) is 23.7 Å². The number of furan rings is 1. The molecular weight excluding hydrogens is 250 g/mol. The van der Waals surface area contributed by atoms with E-state index in [4.69, 9.17) is 4.42 Å². The molecule has 0 amide bonds. The van der Waals surface area contributed by atoms with Gasteiger partial charge in [0.1, 0.15) is 5.76 Å². The van der Waals surface area contributed by atoms with Gasteiger partial charge in [-0.3, -0.25) is 4.90 Å². The zero-order valence-corrected chi connectivity index (χ0v) is 13.9. The van der Waals surface area contributed by atoms with Crippen LogP contribution in [0.25, 0.3) is 0 Å². The highest BCUT2D eigenvalue weighted by Crippen LogP contribution is 2.13. The van der Waals surface area contributed by atoms with E-state index in [0.29, 0.717) is 12.1 Å². The average molecular weight is 281 g/mol. The number of nitrogens with one attached hydrogen (secondary N) is 1. The first-order chi connectivity index (χ1) is 9.42. The molecule has 1 N–H and O–H groups in total. The Balaban J connectivity index is 2.53. The van der Waals surface area contributed by atoms with Gasteiger partial charge in [-0.25, -0.2) is 0 Å². The van der Waals surface area contributed by atoms with Crippen molar-refractivity contribution in [2.75, 3.05) is 27.2 Å². The summed E-state index contributed by atoms with van der Waals surface area (Å²) in [4.78, 5) is 4.67. The van der Waals surface area contributed by atoms with Gasteiger partial charge in [-0.1, -0.05) is 20.8 Å². The summed E-state index contributed by atoms with van der Waals surface area (Å²) in [5, 5.41) is 3.41. The second-order valence-electron chi connectivity index (χ2n) is 6.13. The molecule has 0 saturated heterocycles. The lowest BCUT2D eigenvalue weighted by Crippen LogP contribution is -2.39. The summed E-state index contributed by atoms with van der Waals surface area (Å²) < 4.78 is 5.69. The lowest BCUT2D eigenvalue weighted by Gasteiger charge is -2.29. The summed E-state index contributed by atoms with van der Waals surface area (Å²) in [5.74, 6) is 1.05. The first-order valence-electron chi connectivity index (χ1n) is 7.60. The topological polar surface area (TPSA) is 31.6 Å². The Morgan fingerprint density at radius 1 is 1.25 bits per heavy atom. The number of nitrogens with zero attached hydrogens (tertiary/aromatic N) is 2. The lowest BCUT2D eigenvalue weighted by atomic mass is 10.2. The summed E-state index contributed by atoms with van der Waals surface area (Å²) in [5.41, 5.74) is 1.23. The molecule has 1 rings (SSSR count). The van der Waals surface area contributed by atoms with Crippen LogP contribution in [0.4, 0.5) is 0 Å². The Morgan fingerprint density at radius 3 is 2.50 bits per heavy atom. The molecule has 1 atom stereocenters. The van der Waals surface area contributed by atoms with Crippen LogP contribution in [0.1, 0.15) is 39.0 Å². The minimum atomic E-state index is 0.501. The van der Waals surface area contributed by atoms with Crippen LogP contribution in [0.3, 0.4) is 0 Å². The van der Waals surface area contributed by atoms with Crippen molar-refractivity contribution in [3.8, 4) is 0 Å². The maximum atomic E-state index is 5.69. The predicted molar refractivity (Wildman–Crippen MR) is 84.8 cm³/mol. The molecule has 0 aromatic carbocycles. The van der Waals surface area contributed by atoms with Gasteiger partial charge in [0.15, 0.2) is 0 Å². The van der Waals surface area contributed by atoms with Crippen molar-refractivity contribution in [1.29, 1.82) is 0 Å². The molecule has 4 heteroatoms. The summed E-state index contributed by atoms with van der Waals surface area (Å²) in [6, 6.07) is 3.19. The van der Waals surface area contributed by atoms with Gasteiger partial charge in [0.2, 0.25) is 0 Å². The Kier molecular flexibility index (Phi) is 7.27. The molecule has 0 spiro atoms. The largest absolute Gasteiger partial charge is 0.468 e. The van der Waals surface area contributed by atoms with Gasteiger partial charge >= 0.3 is 0 Å². The molecule has 116 valence electrons. The molecule has 0 aliphatic heterocycles. The van der Waals surface area contributed by atoms with Crippen LogP contribution in [0.15, 0.2) is 16.7 Å². The predicted octanol–water partition coefficient (Wildman–Crippen LogP) is 2.55. The highest BCUT2D eigenvalue weighted by Gasteiger charge is 2.15. The van der Waals surface area contributed by atoms with E-state index < -0.39 is 0 Å². The molecule has 0 aliphatic carbocycles. The molecule has 0 saturated carbocycles. The third-order valence-corrected chi connectivity index (χ3v) is 3.44. The van der Waals surface area contributed by atoms with Crippen molar-refractivity contribution in [3.63, 3.8) is 0 Å². The van der Waals surface area contributed by atoms with Gasteiger partial charge in [-0.05, 0) is 33.6 Å². The Hall–Kier alpha value is -0.840. The minimum Gasteiger partial charge on any atom is -0.468 e. The van der Waals surface area contributed by atoms with E-state index in [1.54, 1.807) is 0 Å². The van der Waals surface area contributed by atoms with Crippen LogP contribution in [-0.4, -0.2) is 49.1 Å². The molecule has 1 heterocycles. The molecule has 20 heavy (non-hydrogen) atoms. The quantitative estimate of drug-likeness (QED) is 0.754. The van der Waals surface area contributed by atoms with Crippen LogP contribution in [-0.2, 0) is 13.1 Å². The maximum absolute atomic E-state index is 5.69. The van der Waals surface area contributed by atoms with Crippen molar-refractivity contribution < 1.29 is 4.42 Å². The smallest absolute Gasteiger partial charge is 0.118 e. The van der Waals surface area contributed by atoms with Gasteiger partial charge in [-0.15, -0.1) is 0 Å². The van der Waals surface area contributed by atoms with E-state index in [-0.39, 0.29) is 0 Å². The average Bonchev–Trinajstić information content (AvgIpc) is 2.80. The molecule has 1 unspecified atom stereocenters. The van der Waals surface area contributed by atoms with E-state index in [9.17, 15) is 0 Å². The van der Waals surface area contributed by atoms with Crippen molar-refractivity contribution in [2.24, 2.45) is 0 Å². The Labute approximate surface area is 124 Å². The zero-order chi connectivity index (χ0) is 15.1. The van der Waals surface area contributed by atoms with Crippen molar-refractivity contribution in [1.82, 2.24) is 15.1 Å². The van der Waals surface area contributed by atoms with E-state index in [2.05, 4.69) is 63.0 Å². The van der Waals surface area contributed by atoms with Gasteiger partial charge in [0, 0.05) is 30.7 Å². The van der Waals surface area contributed by atoms with Crippen molar-refractivity contribution >= 4 is 0 Å². The van der Waals surface area contributed by atoms with E-state index >= 15 is 0 Å². The second-order valence-corrected chi connectivity index (χ2v) is 6.13. The van der Waals surface area contributed by atoms with Crippen LogP contribution in [0.2, 0.25) is 0 Å². The molecule has 0 bridgehead atoms. The lowest BCUT2D eigenvalue weighted by molar-refractivity contribution is 0.163. The maximum Gasteiger partial charge on any atom is 0.118 e. The highest BCUT2D eigenvalue weighted by atomic mass is 16.3. The van der Waals surface area contributed by atoms with E-state index in [1.807, 2.05) is 6.26 Å². The fourth-order valence-corrected chi connectivity index (χ4v) is 2.35. The molecule has 0 radical (unpaired) electrons. The third-order valence-electron chi connectivity index (χ3n) is 3.44. The number of rotatable bonds is 9. The molecular formula is C16H31N3O. The van der Waals surface area contributed by atoms with Crippen LogP contribution >= 0.6 is 0 Å². The van der Waals surface area contributed by atoms with E-state index in [1.165, 1.54) is 5.56 Å². The number of hydrogen-bond acceptors (Lipinski definition) is 4. The van der Waals surface area contributed by atoms with Gasteiger partial charge in [-0.2, -0.15) is 0 Å². The summed E-state index contributed by atoms with van der Waals surface area (Å²) >= 11 is 0.